The van der Waals surface area contributed by atoms with Gasteiger partial charge in [0.2, 0.25) is 5.91 Å². The minimum absolute atomic E-state index is 0.149. The topological polar surface area (TPSA) is 87.8 Å². The molecule has 0 saturated carbocycles. The van der Waals surface area contributed by atoms with E-state index in [0.717, 1.165) is 18.7 Å². The number of methoxy groups -OCH3 is 2. The summed E-state index contributed by atoms with van der Waals surface area (Å²) in [6.45, 7) is 4.77. The van der Waals surface area contributed by atoms with E-state index in [-0.39, 0.29) is 18.0 Å². The summed E-state index contributed by atoms with van der Waals surface area (Å²) in [7, 11) is 3.05. The normalized spacial score (nSPS) is 14.1. The van der Waals surface area contributed by atoms with Gasteiger partial charge in [0, 0.05) is 37.5 Å². The lowest BCUT2D eigenvalue weighted by atomic mass is 10.1. The Kier molecular flexibility index (Phi) is 8.25. The number of aromatic amines is 1. The Bertz CT molecular complexity index is 1280. The molecular weight excluding hydrogens is 456 g/mol. The summed E-state index contributed by atoms with van der Waals surface area (Å²) in [4.78, 5) is 37.0. The van der Waals surface area contributed by atoms with Gasteiger partial charge in [0.05, 0.1) is 31.7 Å². The van der Waals surface area contributed by atoms with Crippen LogP contribution in [0, 0.1) is 0 Å². The van der Waals surface area contributed by atoms with Gasteiger partial charge in [0.1, 0.15) is 5.82 Å². The number of nitrogens with one attached hydrogen (secondary N) is 1. The molecule has 2 heterocycles. The van der Waals surface area contributed by atoms with Crippen molar-refractivity contribution in [3.8, 4) is 11.5 Å². The molecule has 1 amide bonds. The number of hydrogen-bond donors (Lipinski definition) is 1. The van der Waals surface area contributed by atoms with Gasteiger partial charge in [-0.15, -0.1) is 0 Å². The molecule has 0 aliphatic carbocycles. The Labute approximate surface area is 211 Å². The van der Waals surface area contributed by atoms with E-state index in [9.17, 15) is 9.59 Å². The number of likely N-dealkylation sites (N-methyl/N-ethyl adjacent to an activating group) is 1. The molecule has 1 fully saturated rings. The van der Waals surface area contributed by atoms with Crippen LogP contribution in [0.15, 0.2) is 47.3 Å². The van der Waals surface area contributed by atoms with E-state index in [1.807, 2.05) is 25.1 Å². The molecule has 2 aromatic carbocycles. The van der Waals surface area contributed by atoms with Gasteiger partial charge in [0.15, 0.2) is 11.5 Å². The fraction of sp³-hybridized carbons (Fsp3) is 0.393. The molecule has 0 bridgehead atoms. The first kappa shape index (κ1) is 25.3. The molecule has 8 nitrogen and oxygen atoms in total. The number of H-pyrrole nitrogens is 1. The highest BCUT2D eigenvalue weighted by Gasteiger charge is 2.15. The molecule has 1 aliphatic heterocycles. The van der Waals surface area contributed by atoms with E-state index in [4.69, 9.17) is 9.47 Å². The van der Waals surface area contributed by atoms with Crippen LogP contribution >= 0.6 is 0 Å². The molecule has 1 aliphatic rings. The van der Waals surface area contributed by atoms with Gasteiger partial charge in [-0.3, -0.25) is 9.59 Å². The van der Waals surface area contributed by atoms with Gasteiger partial charge in [0.25, 0.3) is 5.56 Å². The molecule has 0 radical (unpaired) electrons. The summed E-state index contributed by atoms with van der Waals surface area (Å²) in [5.74, 6) is 1.21. The number of ether oxygens (including phenoxy) is 2. The third-order valence-electron chi connectivity index (χ3n) is 6.58. The second kappa shape index (κ2) is 11.7. The van der Waals surface area contributed by atoms with Crippen molar-refractivity contribution >= 4 is 28.6 Å². The average molecular weight is 491 g/mol. The third kappa shape index (κ3) is 5.87. The second-order valence-electron chi connectivity index (χ2n) is 8.92. The average Bonchev–Trinajstić information content (AvgIpc) is 3.19. The summed E-state index contributed by atoms with van der Waals surface area (Å²) in [6.07, 6.45) is 8.48. The second-order valence-corrected chi connectivity index (χ2v) is 8.92. The molecule has 3 aromatic rings. The summed E-state index contributed by atoms with van der Waals surface area (Å²) >= 11 is 0. The van der Waals surface area contributed by atoms with Crippen LogP contribution in [0.4, 0.5) is 5.69 Å². The van der Waals surface area contributed by atoms with Crippen molar-refractivity contribution in [2.45, 2.75) is 39.2 Å². The monoisotopic (exact) mass is 490 g/mol. The molecule has 0 unspecified atom stereocenters. The van der Waals surface area contributed by atoms with Gasteiger partial charge in [-0.2, -0.15) is 0 Å². The van der Waals surface area contributed by atoms with E-state index in [2.05, 4.69) is 27.0 Å². The van der Waals surface area contributed by atoms with Crippen LogP contribution in [-0.4, -0.2) is 54.6 Å². The number of rotatable bonds is 8. The lowest BCUT2D eigenvalue weighted by Crippen LogP contribution is -2.30. The van der Waals surface area contributed by atoms with Gasteiger partial charge in [-0.1, -0.05) is 25.0 Å². The van der Waals surface area contributed by atoms with Crippen LogP contribution < -0.4 is 19.9 Å². The van der Waals surface area contributed by atoms with Gasteiger partial charge >= 0.3 is 0 Å². The van der Waals surface area contributed by atoms with E-state index < -0.39 is 0 Å². The predicted molar refractivity (Wildman–Crippen MR) is 143 cm³/mol. The Morgan fingerprint density at radius 1 is 1.06 bits per heavy atom. The highest BCUT2D eigenvalue weighted by molar-refractivity contribution is 5.91. The van der Waals surface area contributed by atoms with E-state index in [1.165, 1.54) is 45.6 Å². The smallest absolute Gasteiger partial charge is 0.258 e. The summed E-state index contributed by atoms with van der Waals surface area (Å²) in [5.41, 5.74) is 2.39. The highest BCUT2D eigenvalue weighted by atomic mass is 16.5. The number of carbonyl (C=O) groups excluding carboxylic acids is 1. The number of carbonyl (C=O) groups is 1. The van der Waals surface area contributed by atoms with Crippen LogP contribution in [0.3, 0.4) is 0 Å². The first-order valence-electron chi connectivity index (χ1n) is 12.5. The Morgan fingerprint density at radius 2 is 1.72 bits per heavy atom. The molecule has 0 atom stereocenters. The quantitative estimate of drug-likeness (QED) is 0.472. The number of fused-ring (bicyclic) bond motifs is 1. The minimum Gasteiger partial charge on any atom is -0.493 e. The SMILES string of the molecule is CCN(Cc1nc2cc(OC)c(OC)cc2c(=O)[nH]1)C(=O)/C=C\c1ccc(N2CCCCCC2)cc1. The molecule has 1 saturated heterocycles. The first-order chi connectivity index (χ1) is 17.5. The van der Waals surface area contributed by atoms with Crippen molar-refractivity contribution in [3.63, 3.8) is 0 Å². The highest BCUT2D eigenvalue weighted by Crippen LogP contribution is 2.30. The van der Waals surface area contributed by atoms with Crippen molar-refractivity contribution < 1.29 is 14.3 Å². The van der Waals surface area contributed by atoms with Crippen molar-refractivity contribution in [2.75, 3.05) is 38.8 Å². The zero-order valence-corrected chi connectivity index (χ0v) is 21.3. The Hall–Kier alpha value is -3.81. The molecule has 1 aromatic heterocycles. The van der Waals surface area contributed by atoms with Crippen LogP contribution in [0.2, 0.25) is 0 Å². The summed E-state index contributed by atoms with van der Waals surface area (Å²) in [5, 5.41) is 0.397. The minimum atomic E-state index is -0.292. The van der Waals surface area contributed by atoms with Gasteiger partial charge < -0.3 is 24.3 Å². The van der Waals surface area contributed by atoms with Crippen LogP contribution in [-0.2, 0) is 11.3 Å². The van der Waals surface area contributed by atoms with Crippen molar-refractivity contribution in [1.82, 2.24) is 14.9 Å². The number of amides is 1. The maximum absolute atomic E-state index is 12.9. The maximum Gasteiger partial charge on any atom is 0.258 e. The third-order valence-corrected chi connectivity index (χ3v) is 6.58. The Balaban J connectivity index is 1.46. The lowest BCUT2D eigenvalue weighted by Gasteiger charge is -2.22. The number of anilines is 1. The molecule has 190 valence electrons. The fourth-order valence-electron chi connectivity index (χ4n) is 4.51. The van der Waals surface area contributed by atoms with Crippen LogP contribution in [0.5, 0.6) is 11.5 Å². The van der Waals surface area contributed by atoms with Gasteiger partial charge in [-0.25, -0.2) is 4.98 Å². The van der Waals surface area contributed by atoms with Gasteiger partial charge in [-0.05, 0) is 49.6 Å². The number of aromatic nitrogens is 2. The molecule has 4 rings (SSSR count). The molecule has 0 spiro atoms. The number of hydrogen-bond acceptors (Lipinski definition) is 6. The molecule has 1 N–H and O–H groups in total. The lowest BCUT2D eigenvalue weighted by molar-refractivity contribution is -0.126. The standard InChI is InChI=1S/C28H34N4O4/c1-4-31(19-26-29-23-18-25(36-3)24(35-2)17-22(23)28(34)30-26)27(33)14-11-20-9-12-21(13-10-20)32-15-7-5-6-8-16-32/h9-14,17-18H,4-8,15-16,19H2,1-3H3,(H,29,30,34)/b14-11-. The van der Waals surface area contributed by atoms with Crippen molar-refractivity contribution in [3.05, 3.63) is 64.2 Å². The molecular formula is C28H34N4O4. The predicted octanol–water partition coefficient (Wildman–Crippen LogP) is 4.38. The van der Waals surface area contributed by atoms with Crippen molar-refractivity contribution in [2.24, 2.45) is 0 Å². The number of benzene rings is 2. The Morgan fingerprint density at radius 3 is 2.36 bits per heavy atom. The first-order valence-corrected chi connectivity index (χ1v) is 12.5. The summed E-state index contributed by atoms with van der Waals surface area (Å²) < 4.78 is 10.6. The van der Waals surface area contributed by atoms with E-state index in [0.29, 0.717) is 34.8 Å². The zero-order valence-electron chi connectivity index (χ0n) is 21.3. The van der Waals surface area contributed by atoms with E-state index >= 15 is 0 Å². The van der Waals surface area contributed by atoms with Crippen LogP contribution in [0.1, 0.15) is 44.0 Å². The van der Waals surface area contributed by atoms with Crippen LogP contribution in [0.25, 0.3) is 17.0 Å². The van der Waals surface area contributed by atoms with Crippen molar-refractivity contribution in [1.29, 1.82) is 0 Å². The number of nitrogens with zero attached hydrogens (tertiary/aromatic N) is 3. The van der Waals surface area contributed by atoms with E-state index in [1.54, 1.807) is 23.1 Å². The fourth-order valence-corrected chi connectivity index (χ4v) is 4.51. The maximum atomic E-state index is 12.9. The molecule has 36 heavy (non-hydrogen) atoms. The largest absolute Gasteiger partial charge is 0.493 e. The molecule has 8 heteroatoms. The zero-order chi connectivity index (χ0) is 25.5. The summed E-state index contributed by atoms with van der Waals surface area (Å²) in [6, 6.07) is 11.6.